The van der Waals surface area contributed by atoms with Gasteiger partial charge in [-0.15, -0.1) is 0 Å². The van der Waals surface area contributed by atoms with Gasteiger partial charge in [0.05, 0.1) is 12.1 Å². The van der Waals surface area contributed by atoms with Crippen molar-refractivity contribution in [3.63, 3.8) is 0 Å². The molecule has 0 radical (unpaired) electrons. The van der Waals surface area contributed by atoms with Gasteiger partial charge in [-0.25, -0.2) is 0 Å². The van der Waals surface area contributed by atoms with Gasteiger partial charge in [0, 0.05) is 0 Å². The van der Waals surface area contributed by atoms with E-state index in [0.717, 1.165) is 12.0 Å². The minimum Gasteiger partial charge on any atom is -0.348 e. The van der Waals surface area contributed by atoms with Gasteiger partial charge >= 0.3 is 0 Å². The van der Waals surface area contributed by atoms with Crippen LogP contribution in [0.25, 0.3) is 0 Å². The second kappa shape index (κ2) is 5.92. The van der Waals surface area contributed by atoms with Gasteiger partial charge in [-0.05, 0) is 18.9 Å². The molecule has 0 spiro atoms. The molecule has 1 aromatic rings. The van der Waals surface area contributed by atoms with E-state index in [9.17, 15) is 4.79 Å². The molecule has 0 heterocycles. The summed E-state index contributed by atoms with van der Waals surface area (Å²) in [5.74, 6) is -0.809. The fourth-order valence-corrected chi connectivity index (χ4v) is 1.46. The Kier molecular flexibility index (Phi) is 4.53. The SMILES string of the molecule is CC[C@H](NC(=O)C(C)C#N)c1ccccc1. The maximum Gasteiger partial charge on any atom is 0.237 e. The van der Waals surface area contributed by atoms with Crippen molar-refractivity contribution in [2.24, 2.45) is 5.92 Å². The van der Waals surface area contributed by atoms with Crippen LogP contribution in [0.5, 0.6) is 0 Å². The molecule has 0 aromatic heterocycles. The van der Waals surface area contributed by atoms with Crippen LogP contribution in [0.2, 0.25) is 0 Å². The molecule has 3 nitrogen and oxygen atoms in total. The fourth-order valence-electron chi connectivity index (χ4n) is 1.46. The lowest BCUT2D eigenvalue weighted by molar-refractivity contribution is -0.123. The van der Waals surface area contributed by atoms with Crippen molar-refractivity contribution in [1.29, 1.82) is 5.26 Å². The largest absolute Gasteiger partial charge is 0.348 e. The van der Waals surface area contributed by atoms with Crippen molar-refractivity contribution in [1.82, 2.24) is 5.32 Å². The topological polar surface area (TPSA) is 52.9 Å². The number of hydrogen-bond acceptors (Lipinski definition) is 2. The summed E-state index contributed by atoms with van der Waals surface area (Å²) in [5, 5.41) is 11.5. The van der Waals surface area contributed by atoms with Crippen LogP contribution < -0.4 is 5.32 Å². The number of amides is 1. The molecule has 3 heteroatoms. The third kappa shape index (κ3) is 3.09. The molecule has 84 valence electrons. The molecule has 0 fully saturated rings. The van der Waals surface area contributed by atoms with Crippen molar-refractivity contribution in [3.8, 4) is 6.07 Å². The lowest BCUT2D eigenvalue weighted by Gasteiger charge is -2.18. The minimum atomic E-state index is -0.599. The molecule has 2 atom stereocenters. The molecule has 0 aliphatic rings. The smallest absolute Gasteiger partial charge is 0.237 e. The quantitative estimate of drug-likeness (QED) is 0.840. The van der Waals surface area contributed by atoms with Gasteiger partial charge in [0.15, 0.2) is 0 Å². The monoisotopic (exact) mass is 216 g/mol. The van der Waals surface area contributed by atoms with Crippen molar-refractivity contribution >= 4 is 5.91 Å². The summed E-state index contributed by atoms with van der Waals surface area (Å²) >= 11 is 0. The molecular formula is C13H16N2O. The Morgan fingerprint density at radius 2 is 2.06 bits per heavy atom. The standard InChI is InChI=1S/C13H16N2O/c1-3-12(11-7-5-4-6-8-11)15-13(16)10(2)9-14/h4-8,10,12H,3H2,1-2H3,(H,15,16)/t10?,12-/m0/s1. The molecule has 1 aromatic carbocycles. The van der Waals surface area contributed by atoms with E-state index < -0.39 is 5.92 Å². The van der Waals surface area contributed by atoms with Crippen LogP contribution in [0, 0.1) is 17.2 Å². The number of nitrogens with one attached hydrogen (secondary N) is 1. The lowest BCUT2D eigenvalue weighted by atomic mass is 10.0. The minimum absolute atomic E-state index is 0.00972. The predicted molar refractivity (Wildman–Crippen MR) is 62.4 cm³/mol. The lowest BCUT2D eigenvalue weighted by Crippen LogP contribution is -2.32. The van der Waals surface area contributed by atoms with Gasteiger partial charge in [0.1, 0.15) is 5.92 Å². The summed E-state index contributed by atoms with van der Waals surface area (Å²) in [6, 6.07) is 11.7. The van der Waals surface area contributed by atoms with E-state index in [-0.39, 0.29) is 11.9 Å². The highest BCUT2D eigenvalue weighted by Crippen LogP contribution is 2.16. The van der Waals surface area contributed by atoms with Crippen LogP contribution in [0.15, 0.2) is 30.3 Å². The molecule has 1 unspecified atom stereocenters. The zero-order valence-electron chi connectivity index (χ0n) is 9.60. The van der Waals surface area contributed by atoms with E-state index >= 15 is 0 Å². The van der Waals surface area contributed by atoms with Gasteiger partial charge < -0.3 is 5.32 Å². The summed E-state index contributed by atoms with van der Waals surface area (Å²) < 4.78 is 0. The molecule has 1 amide bonds. The van der Waals surface area contributed by atoms with Gasteiger partial charge in [-0.3, -0.25) is 4.79 Å². The highest BCUT2D eigenvalue weighted by Gasteiger charge is 2.16. The molecule has 1 rings (SSSR count). The Morgan fingerprint density at radius 3 is 2.56 bits per heavy atom. The number of hydrogen-bond donors (Lipinski definition) is 1. The highest BCUT2D eigenvalue weighted by atomic mass is 16.1. The van der Waals surface area contributed by atoms with Crippen molar-refractivity contribution in [3.05, 3.63) is 35.9 Å². The summed E-state index contributed by atoms with van der Waals surface area (Å²) in [5.41, 5.74) is 1.07. The molecule has 0 bridgehead atoms. The van der Waals surface area contributed by atoms with E-state index in [1.54, 1.807) is 6.92 Å². The third-order valence-electron chi connectivity index (χ3n) is 2.51. The molecule has 0 aliphatic heterocycles. The van der Waals surface area contributed by atoms with Crippen LogP contribution in [0.3, 0.4) is 0 Å². The number of nitrogens with zero attached hydrogens (tertiary/aromatic N) is 1. The summed E-state index contributed by atoms with van der Waals surface area (Å²) in [6.07, 6.45) is 0.813. The zero-order chi connectivity index (χ0) is 12.0. The Morgan fingerprint density at radius 1 is 1.44 bits per heavy atom. The number of rotatable bonds is 4. The number of carbonyl (C=O) groups excluding carboxylic acids is 1. The molecule has 0 aliphatic carbocycles. The maximum absolute atomic E-state index is 11.6. The maximum atomic E-state index is 11.6. The zero-order valence-corrected chi connectivity index (χ0v) is 9.60. The molecule has 0 saturated carbocycles. The average molecular weight is 216 g/mol. The normalized spacial score (nSPS) is 13.6. The van der Waals surface area contributed by atoms with E-state index in [4.69, 9.17) is 5.26 Å². The van der Waals surface area contributed by atoms with E-state index in [1.807, 2.05) is 43.3 Å². The molecule has 0 saturated heterocycles. The summed E-state index contributed by atoms with van der Waals surface area (Å²) in [4.78, 5) is 11.6. The van der Waals surface area contributed by atoms with E-state index in [1.165, 1.54) is 0 Å². The van der Waals surface area contributed by atoms with Crippen molar-refractivity contribution in [2.45, 2.75) is 26.3 Å². The highest BCUT2D eigenvalue weighted by molar-refractivity contribution is 5.81. The third-order valence-corrected chi connectivity index (χ3v) is 2.51. The Bertz CT molecular complexity index is 381. The van der Waals surface area contributed by atoms with Crippen LogP contribution >= 0.6 is 0 Å². The van der Waals surface area contributed by atoms with E-state index in [2.05, 4.69) is 5.32 Å². The second-order valence-corrected chi connectivity index (χ2v) is 3.73. The van der Waals surface area contributed by atoms with Crippen LogP contribution in [-0.4, -0.2) is 5.91 Å². The molecule has 1 N–H and O–H groups in total. The Hall–Kier alpha value is -1.82. The van der Waals surface area contributed by atoms with Crippen LogP contribution in [0.1, 0.15) is 31.9 Å². The predicted octanol–water partition coefficient (Wildman–Crippen LogP) is 2.41. The number of carbonyl (C=O) groups is 1. The molecule has 16 heavy (non-hydrogen) atoms. The number of nitriles is 1. The first-order valence-electron chi connectivity index (χ1n) is 5.44. The van der Waals surface area contributed by atoms with Gasteiger partial charge in [0.25, 0.3) is 0 Å². The average Bonchev–Trinajstić information content (AvgIpc) is 2.35. The first-order valence-corrected chi connectivity index (χ1v) is 5.44. The van der Waals surface area contributed by atoms with Crippen LogP contribution in [-0.2, 0) is 4.79 Å². The summed E-state index contributed by atoms with van der Waals surface area (Å²) in [6.45, 7) is 3.61. The van der Waals surface area contributed by atoms with Crippen molar-refractivity contribution in [2.75, 3.05) is 0 Å². The van der Waals surface area contributed by atoms with Crippen LogP contribution in [0.4, 0.5) is 0 Å². The Balaban J connectivity index is 2.71. The van der Waals surface area contributed by atoms with E-state index in [0.29, 0.717) is 0 Å². The van der Waals surface area contributed by atoms with Gasteiger partial charge in [0.2, 0.25) is 5.91 Å². The molecular weight excluding hydrogens is 200 g/mol. The van der Waals surface area contributed by atoms with Gasteiger partial charge in [-0.2, -0.15) is 5.26 Å². The second-order valence-electron chi connectivity index (χ2n) is 3.73. The van der Waals surface area contributed by atoms with Crippen molar-refractivity contribution < 1.29 is 4.79 Å². The Labute approximate surface area is 96.1 Å². The fraction of sp³-hybridized carbons (Fsp3) is 0.385. The first-order chi connectivity index (χ1) is 7.69. The van der Waals surface area contributed by atoms with Gasteiger partial charge in [-0.1, -0.05) is 37.3 Å². The number of benzene rings is 1. The first kappa shape index (κ1) is 12.3. The summed E-state index contributed by atoms with van der Waals surface area (Å²) in [7, 11) is 0.